The van der Waals surface area contributed by atoms with Crippen molar-refractivity contribution in [2.24, 2.45) is 11.0 Å². The van der Waals surface area contributed by atoms with E-state index >= 15 is 0 Å². The van der Waals surface area contributed by atoms with Crippen LogP contribution < -0.4 is 5.32 Å². The van der Waals surface area contributed by atoms with E-state index in [0.717, 1.165) is 24.6 Å². The lowest BCUT2D eigenvalue weighted by Gasteiger charge is -2.16. The lowest BCUT2D eigenvalue weighted by Crippen LogP contribution is -2.35. The van der Waals surface area contributed by atoms with Crippen molar-refractivity contribution in [3.63, 3.8) is 0 Å². The number of hydrazone groups is 1. The Morgan fingerprint density at radius 2 is 2.50 bits per heavy atom. The highest BCUT2D eigenvalue weighted by Crippen LogP contribution is 2.10. The van der Waals surface area contributed by atoms with Gasteiger partial charge in [0.05, 0.1) is 6.54 Å². The van der Waals surface area contributed by atoms with E-state index in [-0.39, 0.29) is 0 Å². The smallest absolute Gasteiger partial charge is 0.189 e. The van der Waals surface area contributed by atoms with E-state index in [1.807, 2.05) is 18.1 Å². The van der Waals surface area contributed by atoms with Crippen molar-refractivity contribution in [1.82, 2.24) is 10.3 Å². The third kappa shape index (κ3) is 2.17. The van der Waals surface area contributed by atoms with Crippen LogP contribution in [0, 0.1) is 5.92 Å². The summed E-state index contributed by atoms with van der Waals surface area (Å²) in [6.07, 6.45) is 3.11. The summed E-state index contributed by atoms with van der Waals surface area (Å²) < 4.78 is 0. The van der Waals surface area contributed by atoms with Crippen molar-refractivity contribution < 1.29 is 0 Å². The first-order chi connectivity index (χ1) is 5.77. The molecule has 1 unspecified atom stereocenters. The van der Waals surface area contributed by atoms with Crippen LogP contribution in [-0.2, 0) is 0 Å². The molecule has 12 heavy (non-hydrogen) atoms. The molecule has 1 atom stereocenters. The maximum Gasteiger partial charge on any atom is 0.189 e. The molecular formula is C8H15N3S. The van der Waals surface area contributed by atoms with Crippen molar-refractivity contribution in [3.05, 3.63) is 0 Å². The molecular weight excluding hydrogens is 170 g/mol. The number of rotatable bonds is 2. The first kappa shape index (κ1) is 9.45. The Balaban J connectivity index is 2.37. The van der Waals surface area contributed by atoms with Crippen molar-refractivity contribution in [3.8, 4) is 0 Å². The second kappa shape index (κ2) is 4.40. The molecule has 1 aliphatic rings. The van der Waals surface area contributed by atoms with Gasteiger partial charge < -0.3 is 5.32 Å². The zero-order valence-corrected chi connectivity index (χ0v) is 8.40. The van der Waals surface area contributed by atoms with Gasteiger partial charge in [0.25, 0.3) is 0 Å². The van der Waals surface area contributed by atoms with Crippen molar-refractivity contribution in [2.45, 2.75) is 20.3 Å². The lowest BCUT2D eigenvalue weighted by atomic mass is 10.1. The van der Waals surface area contributed by atoms with Gasteiger partial charge in [-0.3, -0.25) is 0 Å². The third-order valence-electron chi connectivity index (χ3n) is 1.91. The molecule has 3 nitrogen and oxygen atoms in total. The lowest BCUT2D eigenvalue weighted by molar-refractivity contribution is 0.434. The number of hydrogen-bond acceptors (Lipinski definition) is 2. The average molecular weight is 185 g/mol. The molecule has 0 bridgehead atoms. The van der Waals surface area contributed by atoms with E-state index in [4.69, 9.17) is 12.2 Å². The fourth-order valence-electron chi connectivity index (χ4n) is 1.10. The normalized spacial score (nSPS) is 21.5. The number of hydrogen-bond donors (Lipinski definition) is 1. The van der Waals surface area contributed by atoms with Crippen molar-refractivity contribution in [1.29, 1.82) is 0 Å². The van der Waals surface area contributed by atoms with Gasteiger partial charge in [-0.1, -0.05) is 6.92 Å². The molecule has 4 heteroatoms. The van der Waals surface area contributed by atoms with Crippen LogP contribution >= 0.6 is 12.2 Å². The predicted molar refractivity (Wildman–Crippen MR) is 55.3 cm³/mol. The summed E-state index contributed by atoms with van der Waals surface area (Å²) in [4.78, 5) is 0. The van der Waals surface area contributed by atoms with Gasteiger partial charge >= 0.3 is 0 Å². The molecule has 0 aromatic heterocycles. The molecule has 1 heterocycles. The van der Waals surface area contributed by atoms with E-state index < -0.39 is 0 Å². The van der Waals surface area contributed by atoms with Crippen LogP contribution in [-0.4, -0.2) is 29.4 Å². The van der Waals surface area contributed by atoms with Crippen LogP contribution in [0.1, 0.15) is 20.3 Å². The highest BCUT2D eigenvalue weighted by atomic mass is 32.1. The van der Waals surface area contributed by atoms with Crippen molar-refractivity contribution >= 4 is 23.5 Å². The molecule has 0 spiro atoms. The molecule has 0 radical (unpaired) electrons. The van der Waals surface area contributed by atoms with E-state index in [0.29, 0.717) is 5.92 Å². The zero-order valence-electron chi connectivity index (χ0n) is 7.58. The Kier molecular flexibility index (Phi) is 3.47. The second-order valence-electron chi connectivity index (χ2n) is 2.85. The molecule has 0 aromatic rings. The highest BCUT2D eigenvalue weighted by Gasteiger charge is 2.18. The summed E-state index contributed by atoms with van der Waals surface area (Å²) in [5, 5.41) is 9.88. The maximum atomic E-state index is 5.11. The van der Waals surface area contributed by atoms with E-state index in [1.165, 1.54) is 0 Å². The Hall–Kier alpha value is -0.640. The molecule has 0 saturated carbocycles. The fraction of sp³-hybridized carbons (Fsp3) is 0.750. The molecule has 0 saturated heterocycles. The Labute approximate surface area is 78.8 Å². The SMILES string of the molecule is CCNC(=S)N1CC(CC)C=N1. The largest absolute Gasteiger partial charge is 0.361 e. The van der Waals surface area contributed by atoms with Gasteiger partial charge in [0.2, 0.25) is 0 Å². The first-order valence-corrected chi connectivity index (χ1v) is 4.78. The maximum absolute atomic E-state index is 5.11. The summed E-state index contributed by atoms with van der Waals surface area (Å²) in [6, 6.07) is 0. The Bertz CT molecular complexity index is 191. The molecule has 1 N–H and O–H groups in total. The van der Waals surface area contributed by atoms with Crippen LogP contribution in [0.25, 0.3) is 0 Å². The van der Waals surface area contributed by atoms with Gasteiger partial charge in [-0.15, -0.1) is 0 Å². The number of nitrogens with one attached hydrogen (secondary N) is 1. The van der Waals surface area contributed by atoms with Crippen LogP contribution in [0.2, 0.25) is 0 Å². The summed E-state index contributed by atoms with van der Waals surface area (Å²) in [5.74, 6) is 0.571. The summed E-state index contributed by atoms with van der Waals surface area (Å²) in [7, 11) is 0. The minimum absolute atomic E-state index is 0.571. The van der Waals surface area contributed by atoms with Gasteiger partial charge in [0.15, 0.2) is 5.11 Å². The number of thiocarbonyl (C=S) groups is 1. The Morgan fingerprint density at radius 3 is 3.00 bits per heavy atom. The van der Waals surface area contributed by atoms with Gasteiger partial charge in [0, 0.05) is 18.7 Å². The highest BCUT2D eigenvalue weighted by molar-refractivity contribution is 7.80. The molecule has 0 aliphatic carbocycles. The minimum atomic E-state index is 0.571. The summed E-state index contributed by atoms with van der Waals surface area (Å²) >= 11 is 5.11. The topological polar surface area (TPSA) is 27.6 Å². The van der Waals surface area contributed by atoms with E-state index in [2.05, 4.69) is 17.3 Å². The Morgan fingerprint density at radius 1 is 1.75 bits per heavy atom. The minimum Gasteiger partial charge on any atom is -0.361 e. The van der Waals surface area contributed by atoms with Crippen LogP contribution in [0.5, 0.6) is 0 Å². The van der Waals surface area contributed by atoms with Gasteiger partial charge in [0.1, 0.15) is 0 Å². The molecule has 1 aliphatic heterocycles. The quantitative estimate of drug-likeness (QED) is 0.655. The predicted octanol–water partition coefficient (Wildman–Crippen LogP) is 1.21. The third-order valence-corrected chi connectivity index (χ3v) is 2.27. The van der Waals surface area contributed by atoms with Gasteiger partial charge in [-0.05, 0) is 25.6 Å². The molecule has 1 rings (SSSR count). The number of nitrogens with zero attached hydrogens (tertiary/aromatic N) is 2. The standard InChI is InChI=1S/C8H15N3S/c1-3-7-5-10-11(6-7)8(12)9-4-2/h5,7H,3-4,6H2,1-2H3,(H,9,12). The van der Waals surface area contributed by atoms with E-state index in [9.17, 15) is 0 Å². The van der Waals surface area contributed by atoms with Crippen LogP contribution in [0.4, 0.5) is 0 Å². The van der Waals surface area contributed by atoms with Gasteiger partial charge in [-0.25, -0.2) is 5.01 Å². The summed E-state index contributed by atoms with van der Waals surface area (Å²) in [6.45, 7) is 5.99. The second-order valence-corrected chi connectivity index (χ2v) is 3.24. The first-order valence-electron chi connectivity index (χ1n) is 4.37. The molecule has 0 fully saturated rings. The molecule has 0 aromatic carbocycles. The molecule has 68 valence electrons. The zero-order chi connectivity index (χ0) is 8.97. The molecule has 0 amide bonds. The van der Waals surface area contributed by atoms with E-state index in [1.54, 1.807) is 0 Å². The summed E-state index contributed by atoms with van der Waals surface area (Å²) in [5.41, 5.74) is 0. The van der Waals surface area contributed by atoms with Crippen molar-refractivity contribution in [2.75, 3.05) is 13.1 Å². The fourth-order valence-corrected chi connectivity index (χ4v) is 1.37. The average Bonchev–Trinajstić information content (AvgIpc) is 2.52. The monoisotopic (exact) mass is 185 g/mol. The van der Waals surface area contributed by atoms with Crippen LogP contribution in [0.15, 0.2) is 5.10 Å². The van der Waals surface area contributed by atoms with Gasteiger partial charge in [-0.2, -0.15) is 5.10 Å². The van der Waals surface area contributed by atoms with Crippen LogP contribution in [0.3, 0.4) is 0 Å².